The largest absolute Gasteiger partial charge is 0.324 e. The molecule has 3 aromatic rings. The molecule has 1 heterocycles. The van der Waals surface area contributed by atoms with Crippen molar-refractivity contribution >= 4 is 23.8 Å². The highest BCUT2D eigenvalue weighted by atomic mass is 32.1. The van der Waals surface area contributed by atoms with Crippen molar-refractivity contribution in [2.75, 3.05) is 5.32 Å². The lowest BCUT2D eigenvalue weighted by molar-refractivity contribution is -0.116. The molecule has 2 aromatic carbocycles. The van der Waals surface area contributed by atoms with Gasteiger partial charge in [-0.05, 0) is 43.4 Å². The summed E-state index contributed by atoms with van der Waals surface area (Å²) in [5.41, 5.74) is 3.36. The molecule has 0 unspecified atom stereocenters. The third-order valence-corrected chi connectivity index (χ3v) is 3.96. The first kappa shape index (κ1) is 16.7. The Bertz CT molecular complexity index is 1030. The van der Waals surface area contributed by atoms with Crippen molar-refractivity contribution in [3.8, 4) is 23.7 Å². The zero-order valence-corrected chi connectivity index (χ0v) is 14.4. The Morgan fingerprint density at radius 3 is 2.88 bits per heavy atom. The minimum atomic E-state index is -0.208. The number of nitrogens with one attached hydrogen (secondary N) is 2. The molecule has 25 heavy (non-hydrogen) atoms. The number of aromatic amines is 1. The number of aryl methyl sites for hydroxylation is 1. The van der Waals surface area contributed by atoms with Crippen LogP contribution >= 0.6 is 12.2 Å². The zero-order chi connectivity index (χ0) is 17.8. The average Bonchev–Trinajstić information content (AvgIpc) is 2.95. The molecule has 0 aliphatic carbocycles. The average molecular weight is 348 g/mol. The summed E-state index contributed by atoms with van der Waals surface area (Å²) >= 11 is 5.27. The SMILES string of the molecule is C#Cc1cccc(NC(=O)Cn2c(-c3cccc(C)c3)n[nH]c2=S)c1. The lowest BCUT2D eigenvalue weighted by Crippen LogP contribution is -2.19. The highest BCUT2D eigenvalue weighted by molar-refractivity contribution is 7.71. The molecule has 0 aliphatic rings. The summed E-state index contributed by atoms with van der Waals surface area (Å²) in [5, 5.41) is 9.83. The molecule has 1 amide bonds. The normalized spacial score (nSPS) is 10.2. The van der Waals surface area contributed by atoms with E-state index in [0.29, 0.717) is 21.8 Å². The summed E-state index contributed by atoms with van der Waals surface area (Å²) in [7, 11) is 0. The maximum atomic E-state index is 12.4. The molecule has 0 bridgehead atoms. The van der Waals surface area contributed by atoms with Crippen molar-refractivity contribution in [2.45, 2.75) is 13.5 Å². The number of nitrogens with zero attached hydrogens (tertiary/aromatic N) is 2. The summed E-state index contributed by atoms with van der Waals surface area (Å²) in [4.78, 5) is 12.4. The lowest BCUT2D eigenvalue weighted by Gasteiger charge is -2.09. The third-order valence-electron chi connectivity index (χ3n) is 3.65. The number of hydrogen-bond acceptors (Lipinski definition) is 3. The number of carbonyl (C=O) groups is 1. The van der Waals surface area contributed by atoms with E-state index in [1.54, 1.807) is 28.8 Å². The Morgan fingerprint density at radius 2 is 2.12 bits per heavy atom. The maximum Gasteiger partial charge on any atom is 0.244 e. The molecule has 2 N–H and O–H groups in total. The number of H-pyrrole nitrogens is 1. The molecular weight excluding hydrogens is 332 g/mol. The van der Waals surface area contributed by atoms with Crippen molar-refractivity contribution in [3.05, 3.63) is 64.4 Å². The fourth-order valence-corrected chi connectivity index (χ4v) is 2.70. The van der Waals surface area contributed by atoms with Gasteiger partial charge in [0.05, 0.1) is 0 Å². The van der Waals surface area contributed by atoms with Gasteiger partial charge >= 0.3 is 0 Å². The van der Waals surface area contributed by atoms with Crippen LogP contribution in [0.2, 0.25) is 0 Å². The van der Waals surface area contributed by atoms with Gasteiger partial charge in [0.25, 0.3) is 0 Å². The van der Waals surface area contributed by atoms with Gasteiger partial charge in [-0.15, -0.1) is 6.42 Å². The van der Waals surface area contributed by atoms with Gasteiger partial charge in [-0.25, -0.2) is 0 Å². The van der Waals surface area contributed by atoms with Crippen LogP contribution in [0.3, 0.4) is 0 Å². The molecule has 0 radical (unpaired) electrons. The van der Waals surface area contributed by atoms with Crippen LogP contribution in [0.4, 0.5) is 5.69 Å². The summed E-state index contributed by atoms with van der Waals surface area (Å²) in [6.07, 6.45) is 5.38. The van der Waals surface area contributed by atoms with Gasteiger partial charge in [-0.1, -0.05) is 35.7 Å². The fourth-order valence-electron chi connectivity index (χ4n) is 2.50. The monoisotopic (exact) mass is 348 g/mol. The Labute approximate surface area is 150 Å². The van der Waals surface area contributed by atoms with Crippen molar-refractivity contribution in [3.63, 3.8) is 0 Å². The number of carbonyl (C=O) groups excluding carboxylic acids is 1. The maximum absolute atomic E-state index is 12.4. The number of aromatic nitrogens is 3. The van der Waals surface area contributed by atoms with E-state index in [9.17, 15) is 4.79 Å². The number of benzene rings is 2. The number of hydrogen-bond donors (Lipinski definition) is 2. The van der Waals surface area contributed by atoms with E-state index in [1.807, 2.05) is 31.2 Å². The Kier molecular flexibility index (Phi) is 4.78. The minimum absolute atomic E-state index is 0.0545. The number of terminal acetylenes is 1. The molecule has 6 heteroatoms. The van der Waals surface area contributed by atoms with Gasteiger partial charge in [0, 0.05) is 16.8 Å². The first-order valence-electron chi connectivity index (χ1n) is 7.65. The van der Waals surface area contributed by atoms with Gasteiger partial charge in [0.2, 0.25) is 5.91 Å². The van der Waals surface area contributed by atoms with Crippen molar-refractivity contribution in [2.24, 2.45) is 0 Å². The van der Waals surface area contributed by atoms with E-state index in [1.165, 1.54) is 0 Å². The summed E-state index contributed by atoms with van der Waals surface area (Å²) in [6.45, 7) is 2.05. The zero-order valence-electron chi connectivity index (χ0n) is 13.6. The lowest BCUT2D eigenvalue weighted by atomic mass is 10.1. The summed E-state index contributed by atoms with van der Waals surface area (Å²) in [6, 6.07) is 15.0. The van der Waals surface area contributed by atoms with Crippen LogP contribution < -0.4 is 5.32 Å². The molecule has 0 spiro atoms. The minimum Gasteiger partial charge on any atom is -0.324 e. The molecule has 0 fully saturated rings. The van der Waals surface area contributed by atoms with E-state index < -0.39 is 0 Å². The van der Waals surface area contributed by atoms with Gasteiger partial charge < -0.3 is 5.32 Å². The van der Waals surface area contributed by atoms with E-state index in [4.69, 9.17) is 18.6 Å². The Hall–Kier alpha value is -3.17. The second-order valence-electron chi connectivity index (χ2n) is 5.58. The van der Waals surface area contributed by atoms with Crippen LogP contribution in [-0.2, 0) is 11.3 Å². The van der Waals surface area contributed by atoms with Crippen molar-refractivity contribution in [1.82, 2.24) is 14.8 Å². The van der Waals surface area contributed by atoms with E-state index in [2.05, 4.69) is 21.4 Å². The van der Waals surface area contributed by atoms with Crippen molar-refractivity contribution < 1.29 is 4.79 Å². The standard InChI is InChI=1S/C19H16N4OS/c1-3-14-7-5-9-16(11-14)20-17(24)12-23-18(21-22-19(23)25)15-8-4-6-13(2)10-15/h1,4-11H,12H2,2H3,(H,20,24)(H,22,25). The molecule has 124 valence electrons. The van der Waals surface area contributed by atoms with Gasteiger partial charge in [0.15, 0.2) is 10.6 Å². The quantitative estimate of drug-likeness (QED) is 0.560. The second kappa shape index (κ2) is 7.16. The molecule has 0 saturated heterocycles. The molecule has 1 aromatic heterocycles. The fraction of sp³-hybridized carbons (Fsp3) is 0.105. The predicted octanol–water partition coefficient (Wildman–Crippen LogP) is 3.54. The second-order valence-corrected chi connectivity index (χ2v) is 5.97. The molecule has 0 atom stereocenters. The molecule has 5 nitrogen and oxygen atoms in total. The number of amides is 1. The first-order valence-corrected chi connectivity index (χ1v) is 8.06. The summed E-state index contributed by atoms with van der Waals surface area (Å²) in [5.74, 6) is 2.96. The van der Waals surface area contributed by atoms with Crippen LogP contribution in [0.15, 0.2) is 48.5 Å². The van der Waals surface area contributed by atoms with Crippen LogP contribution in [0.25, 0.3) is 11.4 Å². The van der Waals surface area contributed by atoms with Crippen LogP contribution in [0.5, 0.6) is 0 Å². The van der Waals surface area contributed by atoms with Crippen LogP contribution in [0, 0.1) is 24.0 Å². The summed E-state index contributed by atoms with van der Waals surface area (Å²) < 4.78 is 2.06. The smallest absolute Gasteiger partial charge is 0.244 e. The number of rotatable bonds is 4. The van der Waals surface area contributed by atoms with E-state index >= 15 is 0 Å². The first-order chi connectivity index (χ1) is 12.1. The van der Waals surface area contributed by atoms with Crippen LogP contribution in [0.1, 0.15) is 11.1 Å². The predicted molar refractivity (Wildman–Crippen MR) is 101 cm³/mol. The molecule has 0 saturated carbocycles. The van der Waals surface area contributed by atoms with E-state index in [-0.39, 0.29) is 12.5 Å². The van der Waals surface area contributed by atoms with Crippen molar-refractivity contribution in [1.29, 1.82) is 0 Å². The Balaban J connectivity index is 1.83. The van der Waals surface area contributed by atoms with Gasteiger partial charge in [-0.2, -0.15) is 5.10 Å². The highest BCUT2D eigenvalue weighted by Gasteiger charge is 2.12. The number of anilines is 1. The Morgan fingerprint density at radius 1 is 1.32 bits per heavy atom. The molecule has 3 rings (SSSR count). The van der Waals surface area contributed by atoms with Gasteiger partial charge in [-0.3, -0.25) is 14.5 Å². The van der Waals surface area contributed by atoms with E-state index in [0.717, 1.165) is 11.1 Å². The molecule has 0 aliphatic heterocycles. The topological polar surface area (TPSA) is 62.7 Å². The van der Waals surface area contributed by atoms with Gasteiger partial charge in [0.1, 0.15) is 6.54 Å². The third kappa shape index (κ3) is 3.84. The molecular formula is C19H16N4OS. The van der Waals surface area contributed by atoms with Crippen LogP contribution in [-0.4, -0.2) is 20.7 Å². The highest BCUT2D eigenvalue weighted by Crippen LogP contribution is 2.19.